The predicted octanol–water partition coefficient (Wildman–Crippen LogP) is 2.43. The number of amides is 2. The predicted molar refractivity (Wildman–Crippen MR) is 90.2 cm³/mol. The Morgan fingerprint density at radius 3 is 2.30 bits per heavy atom. The first-order chi connectivity index (χ1) is 10.9. The minimum absolute atomic E-state index is 0.0441. The highest BCUT2D eigenvalue weighted by Crippen LogP contribution is 2.30. The van der Waals surface area contributed by atoms with Gasteiger partial charge in [-0.15, -0.1) is 0 Å². The minimum atomic E-state index is -0.671. The van der Waals surface area contributed by atoms with Crippen LogP contribution in [0.5, 0.6) is 0 Å². The molecule has 1 heterocycles. The lowest BCUT2D eigenvalue weighted by Gasteiger charge is -2.40. The molecular weight excluding hydrogens is 292 g/mol. The maximum absolute atomic E-state index is 12.5. The Morgan fingerprint density at radius 1 is 1.26 bits per heavy atom. The molecule has 0 unspecified atom stereocenters. The van der Waals surface area contributed by atoms with Gasteiger partial charge in [0.25, 0.3) is 5.91 Å². The van der Waals surface area contributed by atoms with Crippen molar-refractivity contribution in [3.8, 4) is 0 Å². The Morgan fingerprint density at radius 2 is 1.83 bits per heavy atom. The highest BCUT2D eigenvalue weighted by molar-refractivity contribution is 5.99. The van der Waals surface area contributed by atoms with E-state index in [1.807, 2.05) is 13.8 Å². The van der Waals surface area contributed by atoms with Crippen LogP contribution < -0.4 is 5.32 Å². The fourth-order valence-electron chi connectivity index (χ4n) is 2.75. The zero-order chi connectivity index (χ0) is 17.0. The van der Waals surface area contributed by atoms with Gasteiger partial charge in [-0.3, -0.25) is 9.59 Å². The molecular formula is C18H24N2O3. The fraction of sp³-hybridized carbons (Fsp3) is 0.444. The van der Waals surface area contributed by atoms with Crippen LogP contribution in [0.3, 0.4) is 0 Å². The molecule has 5 nitrogen and oxygen atoms in total. The molecule has 1 fully saturated rings. The zero-order valence-electron chi connectivity index (χ0n) is 13.7. The van der Waals surface area contributed by atoms with E-state index in [2.05, 4.69) is 11.9 Å². The van der Waals surface area contributed by atoms with Crippen LogP contribution in [0.15, 0.2) is 36.9 Å². The maximum atomic E-state index is 12.5. The standard InChI is InChI=1S/C18H24N2O3/c1-4-16(21)19-15-7-5-14(6-8-15)17(22)20-11-9-18(23,10-12-20)13(2)3/h4-8,13,23H,1,9-12H2,2-3H3,(H,19,21). The lowest BCUT2D eigenvalue weighted by molar-refractivity contribution is -0.111. The summed E-state index contributed by atoms with van der Waals surface area (Å²) in [5, 5.41) is 13.1. The number of rotatable bonds is 4. The lowest BCUT2D eigenvalue weighted by atomic mass is 9.81. The van der Waals surface area contributed by atoms with Crippen molar-refractivity contribution in [3.05, 3.63) is 42.5 Å². The number of nitrogens with zero attached hydrogens (tertiary/aromatic N) is 1. The van der Waals surface area contributed by atoms with Gasteiger partial charge in [-0.05, 0) is 49.1 Å². The van der Waals surface area contributed by atoms with Gasteiger partial charge in [-0.25, -0.2) is 0 Å². The van der Waals surface area contributed by atoms with Crippen molar-refractivity contribution in [3.63, 3.8) is 0 Å². The molecule has 2 amide bonds. The monoisotopic (exact) mass is 316 g/mol. The lowest BCUT2D eigenvalue weighted by Crippen LogP contribution is -2.49. The van der Waals surface area contributed by atoms with Crippen LogP contribution in [-0.2, 0) is 4.79 Å². The number of likely N-dealkylation sites (tertiary alicyclic amines) is 1. The summed E-state index contributed by atoms with van der Waals surface area (Å²) in [7, 11) is 0. The summed E-state index contributed by atoms with van der Waals surface area (Å²) in [6, 6.07) is 6.79. The van der Waals surface area contributed by atoms with Crippen molar-refractivity contribution >= 4 is 17.5 Å². The topological polar surface area (TPSA) is 69.6 Å². The zero-order valence-corrected chi connectivity index (χ0v) is 13.7. The molecule has 0 radical (unpaired) electrons. The number of hydrogen-bond acceptors (Lipinski definition) is 3. The number of carbonyl (C=O) groups is 2. The largest absolute Gasteiger partial charge is 0.389 e. The second-order valence-electron chi connectivity index (χ2n) is 6.32. The molecule has 1 aliphatic rings. The molecule has 1 saturated heterocycles. The van der Waals surface area contributed by atoms with Crippen molar-refractivity contribution in [2.45, 2.75) is 32.3 Å². The van der Waals surface area contributed by atoms with Crippen LogP contribution in [0.2, 0.25) is 0 Å². The number of carbonyl (C=O) groups excluding carboxylic acids is 2. The molecule has 0 spiro atoms. The Hall–Kier alpha value is -2.14. The van der Waals surface area contributed by atoms with Crippen LogP contribution in [0.4, 0.5) is 5.69 Å². The number of piperidine rings is 1. The van der Waals surface area contributed by atoms with E-state index in [-0.39, 0.29) is 17.7 Å². The minimum Gasteiger partial charge on any atom is -0.389 e. The Bertz CT molecular complexity index is 585. The summed E-state index contributed by atoms with van der Waals surface area (Å²) in [5.41, 5.74) is 0.533. The van der Waals surface area contributed by atoms with E-state index in [0.717, 1.165) is 0 Å². The van der Waals surface area contributed by atoms with Gasteiger partial charge < -0.3 is 15.3 Å². The van der Waals surface area contributed by atoms with Crippen LogP contribution in [0.1, 0.15) is 37.0 Å². The van der Waals surface area contributed by atoms with E-state index >= 15 is 0 Å². The van der Waals surface area contributed by atoms with Gasteiger partial charge in [-0.2, -0.15) is 0 Å². The van der Waals surface area contributed by atoms with E-state index in [1.165, 1.54) is 6.08 Å². The third-order valence-electron chi connectivity index (χ3n) is 4.58. The first-order valence-corrected chi connectivity index (χ1v) is 7.91. The van der Waals surface area contributed by atoms with E-state index in [1.54, 1.807) is 29.2 Å². The molecule has 0 saturated carbocycles. The van der Waals surface area contributed by atoms with E-state index < -0.39 is 5.60 Å². The van der Waals surface area contributed by atoms with Crippen molar-refractivity contribution in [1.82, 2.24) is 4.90 Å². The SMILES string of the molecule is C=CC(=O)Nc1ccc(C(=O)N2CCC(O)(C(C)C)CC2)cc1. The van der Waals surface area contributed by atoms with Crippen molar-refractivity contribution in [2.24, 2.45) is 5.92 Å². The summed E-state index contributed by atoms with van der Waals surface area (Å²) in [6.07, 6.45) is 2.40. The average Bonchev–Trinajstić information content (AvgIpc) is 2.55. The van der Waals surface area contributed by atoms with Gasteiger partial charge >= 0.3 is 0 Å². The van der Waals surface area contributed by atoms with Crippen molar-refractivity contribution in [2.75, 3.05) is 18.4 Å². The van der Waals surface area contributed by atoms with Gasteiger partial charge in [0.2, 0.25) is 5.91 Å². The molecule has 1 aromatic rings. The molecule has 23 heavy (non-hydrogen) atoms. The molecule has 2 N–H and O–H groups in total. The molecule has 0 aromatic heterocycles. The average molecular weight is 316 g/mol. The second-order valence-corrected chi connectivity index (χ2v) is 6.32. The van der Waals surface area contributed by atoms with Crippen LogP contribution in [-0.4, -0.2) is 40.5 Å². The van der Waals surface area contributed by atoms with Crippen molar-refractivity contribution < 1.29 is 14.7 Å². The van der Waals surface area contributed by atoms with E-state index in [9.17, 15) is 14.7 Å². The van der Waals surface area contributed by atoms with Crippen LogP contribution >= 0.6 is 0 Å². The fourth-order valence-corrected chi connectivity index (χ4v) is 2.75. The highest BCUT2D eigenvalue weighted by Gasteiger charge is 2.36. The molecule has 1 aliphatic heterocycles. The van der Waals surface area contributed by atoms with Crippen molar-refractivity contribution in [1.29, 1.82) is 0 Å². The van der Waals surface area contributed by atoms with Crippen LogP contribution in [0, 0.1) is 5.92 Å². The van der Waals surface area contributed by atoms with Gasteiger partial charge in [-0.1, -0.05) is 20.4 Å². The Kier molecular flexibility index (Phi) is 5.21. The van der Waals surface area contributed by atoms with Crippen LogP contribution in [0.25, 0.3) is 0 Å². The van der Waals surface area contributed by atoms with Gasteiger partial charge in [0.15, 0.2) is 0 Å². The van der Waals surface area contributed by atoms with Gasteiger partial charge in [0.05, 0.1) is 5.60 Å². The highest BCUT2D eigenvalue weighted by atomic mass is 16.3. The van der Waals surface area contributed by atoms with Gasteiger partial charge in [0, 0.05) is 24.3 Å². The molecule has 0 atom stereocenters. The molecule has 2 rings (SSSR count). The summed E-state index contributed by atoms with van der Waals surface area (Å²) in [6.45, 7) is 8.53. The number of hydrogen-bond donors (Lipinski definition) is 2. The van der Waals surface area contributed by atoms with E-state index in [4.69, 9.17) is 0 Å². The third-order valence-corrected chi connectivity index (χ3v) is 4.58. The molecule has 124 valence electrons. The maximum Gasteiger partial charge on any atom is 0.253 e. The molecule has 5 heteroatoms. The summed E-state index contributed by atoms with van der Waals surface area (Å²) in [4.78, 5) is 25.5. The Balaban J connectivity index is 1.99. The number of anilines is 1. The molecule has 0 bridgehead atoms. The molecule has 0 aliphatic carbocycles. The van der Waals surface area contributed by atoms with Gasteiger partial charge in [0.1, 0.15) is 0 Å². The first-order valence-electron chi connectivity index (χ1n) is 7.91. The molecule has 1 aromatic carbocycles. The Labute approximate surface area is 137 Å². The third kappa shape index (κ3) is 3.99. The normalized spacial score (nSPS) is 17.0. The second kappa shape index (κ2) is 6.96. The summed E-state index contributed by atoms with van der Waals surface area (Å²) < 4.78 is 0. The number of nitrogens with one attached hydrogen (secondary N) is 1. The quantitative estimate of drug-likeness (QED) is 0.838. The summed E-state index contributed by atoms with van der Waals surface area (Å²) in [5.74, 6) is -0.141. The number of aliphatic hydroxyl groups is 1. The number of benzene rings is 1. The smallest absolute Gasteiger partial charge is 0.253 e. The summed E-state index contributed by atoms with van der Waals surface area (Å²) >= 11 is 0. The first kappa shape index (κ1) is 17.2. The van der Waals surface area contributed by atoms with E-state index in [0.29, 0.717) is 37.2 Å².